The molecule has 0 saturated carbocycles. The quantitative estimate of drug-likeness (QED) is 0.0137. The van der Waals surface area contributed by atoms with Crippen molar-refractivity contribution in [3.63, 3.8) is 0 Å². The molecule has 0 aliphatic carbocycles. The Labute approximate surface area is 859 Å². The summed E-state index contributed by atoms with van der Waals surface area (Å²) in [4.78, 5) is 27.7. The average molecular weight is 2190 g/mol. The largest absolute Gasteiger partial charge is 0.425 e. The number of nitrogens with one attached hydrogen (secondary N) is 4. The lowest BCUT2D eigenvalue weighted by Crippen LogP contribution is -2.12. The Balaban J connectivity index is 0.00000124. The highest BCUT2D eigenvalue weighted by molar-refractivity contribution is 7.86. The molecule has 58 heteroatoms. The first kappa shape index (κ1) is 112. The number of aryl methyl sites for hydroxylation is 4. The molecule has 8 N–H and O–H groups in total. The van der Waals surface area contributed by atoms with Crippen molar-refractivity contribution in [3.8, 4) is 0 Å². The third-order valence-corrected chi connectivity index (χ3v) is 23.0. The van der Waals surface area contributed by atoms with Gasteiger partial charge in [-0.15, -0.1) is 60.7 Å². The molecule has 0 saturated heterocycles. The van der Waals surface area contributed by atoms with Gasteiger partial charge in [-0.2, -0.15) is 130 Å². The van der Waals surface area contributed by atoms with Crippen molar-refractivity contribution in [1.29, 1.82) is 0 Å². The van der Waals surface area contributed by atoms with E-state index >= 15 is 0 Å². The van der Waals surface area contributed by atoms with Crippen LogP contribution in [0.1, 0.15) is 56.2 Å². The number of anilines is 6. The van der Waals surface area contributed by atoms with Crippen molar-refractivity contribution in [1.82, 2.24) is 29.9 Å². The third kappa shape index (κ3) is 37.6. The van der Waals surface area contributed by atoms with E-state index in [9.17, 15) is 51.9 Å². The van der Waals surface area contributed by atoms with Crippen LogP contribution in [-0.4, -0.2) is 132 Å². The monoisotopic (exact) mass is 2180 g/mol. The molecule has 766 valence electrons. The van der Waals surface area contributed by atoms with Crippen LogP contribution in [0.4, 0.5) is 126 Å². The summed E-state index contributed by atoms with van der Waals surface area (Å²) >= 11 is 0. The fourth-order valence-electron chi connectivity index (χ4n) is 12.8. The van der Waals surface area contributed by atoms with Gasteiger partial charge in [-0.05, 0) is 278 Å². The fourth-order valence-corrected chi connectivity index (χ4v) is 15.1. The van der Waals surface area contributed by atoms with Crippen LogP contribution < -0.4 is 21.3 Å². The van der Waals surface area contributed by atoms with E-state index in [1.807, 2.05) is 93.6 Å². The smallest absolute Gasteiger partial charge is 0.350 e. The lowest BCUT2D eigenvalue weighted by atomic mass is 10.1. The van der Waals surface area contributed by atoms with Gasteiger partial charge >= 0.3 is 42.4 Å². The predicted molar refractivity (Wildman–Crippen MR) is 541 cm³/mol. The number of azo groups is 8. The maximum atomic E-state index is 12.7. The molecular formula is C92H76N26O24S8. The maximum absolute atomic E-state index is 12.7. The Bertz CT molecular complexity index is 8200. The molecular weight excluding hydrogens is 2110 g/mol. The van der Waals surface area contributed by atoms with Crippen LogP contribution in [0.3, 0.4) is 0 Å². The number of nitrogens with zero attached hydrogens (tertiary/aromatic N) is 22. The summed E-state index contributed by atoms with van der Waals surface area (Å²) < 4.78 is 237. The van der Waals surface area contributed by atoms with Crippen LogP contribution >= 0.6 is 0 Å². The predicted octanol–water partition coefficient (Wildman–Crippen LogP) is 21.5. The van der Waals surface area contributed by atoms with Gasteiger partial charge in [0.1, 0.15) is 32.8 Å². The second-order valence-electron chi connectivity index (χ2n) is 30.5. The van der Waals surface area contributed by atoms with Crippen molar-refractivity contribution in [2.45, 2.75) is 73.2 Å². The fraction of sp³-hybridized carbons (Fsp3) is 0.0870. The first-order valence-electron chi connectivity index (χ1n) is 42.4. The molecule has 0 aliphatic rings. The molecule has 0 unspecified atom stereocenters. The summed E-state index contributed by atoms with van der Waals surface area (Å²) in [6.45, 7) is 7.87. The summed E-state index contributed by atoms with van der Waals surface area (Å²) in [6, 6.07) is 79.5. The SMILES string of the molecule is Cc1cc(Cc2nc(Cc3ccc(N=Nc4ccc(N=Nc5ccccc5)cc4S(=O)(=O)O)c(C)c3)nc(NCc3cccc(CNc4nc(Nc5ccc(N=Nc6ccc(N=Nc7ccc(S(=O)(=O)O)cc7)cc6)c(C)c5)nc(Nc5ccc(N=Nc6ccc(N=Nc7ccccc7)cc6S(=O)(=O)O)c(C)c5)n4)c3)n2)ccc1N=Nc1ccc(N=Nc2ccc(S(=O)(=O)O)cc2)cc1.O=S(=O)=O.O=S(=O)=O.O=S(=O)=O.O=S(=O)=O. The zero-order valence-corrected chi connectivity index (χ0v) is 84.1. The second kappa shape index (κ2) is 53.2. The Morgan fingerprint density at radius 1 is 0.233 bits per heavy atom. The van der Waals surface area contributed by atoms with Crippen LogP contribution in [0, 0.1) is 27.7 Å². The highest BCUT2D eigenvalue weighted by Crippen LogP contribution is 2.38. The summed E-state index contributed by atoms with van der Waals surface area (Å²) in [5.74, 6) is 1.61. The van der Waals surface area contributed by atoms with Gasteiger partial charge < -0.3 is 21.3 Å². The van der Waals surface area contributed by atoms with E-state index in [2.05, 4.69) is 103 Å². The number of hydrogen-bond acceptors (Lipinski definition) is 46. The van der Waals surface area contributed by atoms with Gasteiger partial charge in [0.05, 0.1) is 89.4 Å². The van der Waals surface area contributed by atoms with E-state index in [0.29, 0.717) is 102 Å². The molecule has 0 atom stereocenters. The summed E-state index contributed by atoms with van der Waals surface area (Å²) in [6.07, 6.45) is 0.522. The molecule has 0 aliphatic heterocycles. The molecule has 13 aromatic carbocycles. The highest BCUT2D eigenvalue weighted by Gasteiger charge is 2.22. The van der Waals surface area contributed by atoms with Gasteiger partial charge in [0, 0.05) is 37.3 Å². The number of benzene rings is 13. The minimum atomic E-state index is -4.79. The van der Waals surface area contributed by atoms with E-state index in [0.717, 1.165) is 45.5 Å². The van der Waals surface area contributed by atoms with E-state index in [1.165, 1.54) is 72.8 Å². The van der Waals surface area contributed by atoms with E-state index < -0.39 is 92.7 Å². The van der Waals surface area contributed by atoms with E-state index in [4.69, 9.17) is 80.4 Å². The van der Waals surface area contributed by atoms with Crippen molar-refractivity contribution in [3.05, 3.63) is 347 Å². The van der Waals surface area contributed by atoms with Crippen LogP contribution in [0.5, 0.6) is 0 Å². The molecule has 15 aromatic rings. The highest BCUT2D eigenvalue weighted by atomic mass is 32.2. The minimum absolute atomic E-state index is 0.121. The minimum Gasteiger partial charge on any atom is -0.350 e. The first-order chi connectivity index (χ1) is 71.3. The lowest BCUT2D eigenvalue weighted by molar-refractivity contribution is 0.481. The van der Waals surface area contributed by atoms with Gasteiger partial charge in [-0.3, -0.25) is 18.2 Å². The molecule has 0 radical (unpaired) electrons. The lowest BCUT2D eigenvalue weighted by Gasteiger charge is -2.13. The molecule has 15 rings (SSSR count). The second-order valence-corrected chi connectivity index (χ2v) is 37.7. The van der Waals surface area contributed by atoms with E-state index in [1.54, 1.807) is 140 Å². The van der Waals surface area contributed by atoms with Crippen LogP contribution in [0.2, 0.25) is 0 Å². The Morgan fingerprint density at radius 3 is 0.793 bits per heavy atom. The third-order valence-electron chi connectivity index (χ3n) is 19.5. The first-order valence-corrected chi connectivity index (χ1v) is 52.2. The molecule has 50 nitrogen and oxygen atoms in total. The molecule has 0 spiro atoms. The Morgan fingerprint density at radius 2 is 0.487 bits per heavy atom. The number of hydrogen-bond donors (Lipinski definition) is 8. The standard InChI is InChI=1S/C92H76N26O12S4.4O3S/c1-57-46-61(18-40-79(57)113-109-69-24-20-67(21-25-69)105-107-71-28-36-77(37-29-71)131(119,120)121)51-87-97-88(52-62-19-41-80(58(2)47-62)115-117-83-44-34-75(53-85(83)133(125,126)127)111-103-65-14-7-5-8-15-65)99-89(98-87)93-55-63-12-11-13-64(50-63)56-94-90-100-91(95-73-32-42-81(59(3)48-73)114-110-70-26-22-68(23-27-70)106-108-72-30-38-78(39-31-72)132(122,123)124)102-92(101-90)96-74-33-43-82(60(4)49-74)116-118-84-45-35-76(54-86(84)134(128,129)130)112-104-66-16-9-6-10-17-66;4*1-4(2)3/h5-50,53-54H,51-52,55-56H2,1-4H3,(H,119,120,121)(H,122,123,124)(H,125,126,127)(H,128,129,130)(H,93,97,98,99)(H3,94,95,96,100,101,102);;;;. The zero-order chi connectivity index (χ0) is 108. The van der Waals surface area contributed by atoms with Gasteiger partial charge in [-0.25, -0.2) is 4.98 Å². The van der Waals surface area contributed by atoms with Crippen molar-refractivity contribution in [2.24, 2.45) is 81.8 Å². The number of aromatic nitrogens is 6. The maximum Gasteiger partial charge on any atom is 0.425 e. The summed E-state index contributed by atoms with van der Waals surface area (Å²) in [5.41, 5.74) is 13.2. The summed E-state index contributed by atoms with van der Waals surface area (Å²) in [5, 5.41) is 81.8. The van der Waals surface area contributed by atoms with Crippen LogP contribution in [-0.2, 0) is 109 Å². The molecule has 150 heavy (non-hydrogen) atoms. The Hall–Kier alpha value is -18.0. The summed E-state index contributed by atoms with van der Waals surface area (Å²) in [7, 11) is -30.7. The van der Waals surface area contributed by atoms with Gasteiger partial charge in [0.25, 0.3) is 40.5 Å². The van der Waals surface area contributed by atoms with Gasteiger partial charge in [0.15, 0.2) is 0 Å². The average Bonchev–Trinajstić information content (AvgIpc) is 0.813. The molecule has 0 amide bonds. The van der Waals surface area contributed by atoms with Crippen LogP contribution in [0.25, 0.3) is 0 Å². The molecule has 2 aromatic heterocycles. The van der Waals surface area contributed by atoms with Crippen LogP contribution in [0.15, 0.2) is 393 Å². The number of rotatable bonds is 34. The van der Waals surface area contributed by atoms with Gasteiger partial charge in [0.2, 0.25) is 23.8 Å². The topological polar surface area (TPSA) is 746 Å². The van der Waals surface area contributed by atoms with Crippen molar-refractivity contribution < 1.29 is 102 Å². The molecule has 0 fully saturated rings. The zero-order valence-electron chi connectivity index (χ0n) is 77.6. The van der Waals surface area contributed by atoms with E-state index in [-0.39, 0.29) is 82.3 Å². The molecule has 2 heterocycles. The normalized spacial score (nSPS) is 11.6. The van der Waals surface area contributed by atoms with Crippen molar-refractivity contribution in [2.75, 3.05) is 21.3 Å². The van der Waals surface area contributed by atoms with Gasteiger partial charge in [-0.1, -0.05) is 84.9 Å². The molecule has 0 bridgehead atoms. The van der Waals surface area contributed by atoms with Crippen molar-refractivity contribution >= 4 is 209 Å². The Kier molecular flexibility index (Phi) is 39.8.